The average Bonchev–Trinajstić information content (AvgIpc) is 3.17. The summed E-state index contributed by atoms with van der Waals surface area (Å²) in [7, 11) is 0. The van der Waals surface area contributed by atoms with E-state index in [0.29, 0.717) is 11.4 Å². The number of benzene rings is 2. The number of halogens is 1. The van der Waals surface area contributed by atoms with E-state index in [4.69, 9.17) is 4.99 Å². The second kappa shape index (κ2) is 10.2. The molecule has 1 aliphatic heterocycles. The van der Waals surface area contributed by atoms with Crippen LogP contribution in [0, 0.1) is 0 Å². The summed E-state index contributed by atoms with van der Waals surface area (Å²) >= 11 is 5.02. The molecule has 164 valence electrons. The fourth-order valence-corrected chi connectivity index (χ4v) is 5.07. The summed E-state index contributed by atoms with van der Waals surface area (Å²) in [5.74, 6) is -0.304. The summed E-state index contributed by atoms with van der Waals surface area (Å²) in [6.45, 7) is 1.97. The molecule has 0 bridgehead atoms. The lowest BCUT2D eigenvalue weighted by Gasteiger charge is -2.23. The van der Waals surface area contributed by atoms with Crippen molar-refractivity contribution >= 4 is 56.2 Å². The molecule has 1 unspecified atom stereocenters. The minimum absolute atomic E-state index is 0.00955. The minimum Gasteiger partial charge on any atom is -0.352 e. The number of aliphatic imine (C=N–C) groups is 1. The van der Waals surface area contributed by atoms with Crippen LogP contribution in [0.25, 0.3) is 0 Å². The first-order valence-electron chi connectivity index (χ1n) is 10.6. The standard InChI is InChI=1S/C25H24BrN3O2S/c1-17(11-12-18-7-3-2-4-8-18)27-24(30)16-29-21-10-6-5-9-19(21)28-20(15-25(29)31)22-13-14-23(26)32-22/h2-10,13-14,17H,11-12,15-16H2,1H3,(H,27,30). The Bertz CT molecular complexity index is 1140. The predicted molar refractivity (Wildman–Crippen MR) is 134 cm³/mol. The Morgan fingerprint density at radius 1 is 1.12 bits per heavy atom. The largest absolute Gasteiger partial charge is 0.352 e. The number of para-hydroxylation sites is 2. The van der Waals surface area contributed by atoms with Crippen molar-refractivity contribution in [1.29, 1.82) is 0 Å². The maximum Gasteiger partial charge on any atom is 0.240 e. The summed E-state index contributed by atoms with van der Waals surface area (Å²) in [6.07, 6.45) is 1.88. The predicted octanol–water partition coefficient (Wildman–Crippen LogP) is 5.51. The van der Waals surface area contributed by atoms with E-state index in [2.05, 4.69) is 33.4 Å². The normalized spacial score (nSPS) is 14.4. The lowest BCUT2D eigenvalue weighted by atomic mass is 10.1. The molecule has 1 aliphatic rings. The number of hydrogen-bond donors (Lipinski definition) is 1. The Labute approximate surface area is 200 Å². The highest BCUT2D eigenvalue weighted by atomic mass is 79.9. The van der Waals surface area contributed by atoms with Gasteiger partial charge >= 0.3 is 0 Å². The minimum atomic E-state index is -0.170. The van der Waals surface area contributed by atoms with Gasteiger partial charge in [0.1, 0.15) is 6.54 Å². The number of thiophene rings is 1. The van der Waals surface area contributed by atoms with E-state index in [0.717, 1.165) is 27.2 Å². The third kappa shape index (κ3) is 5.53. The van der Waals surface area contributed by atoms with Gasteiger partial charge in [-0.25, -0.2) is 4.99 Å². The zero-order chi connectivity index (χ0) is 22.5. The van der Waals surface area contributed by atoms with Crippen LogP contribution in [0.4, 0.5) is 11.4 Å². The Morgan fingerprint density at radius 3 is 2.62 bits per heavy atom. The number of nitrogens with one attached hydrogen (secondary N) is 1. The van der Waals surface area contributed by atoms with Crippen molar-refractivity contribution < 1.29 is 9.59 Å². The molecule has 2 aromatic carbocycles. The van der Waals surface area contributed by atoms with Gasteiger partial charge in [-0.15, -0.1) is 11.3 Å². The molecular weight excluding hydrogens is 486 g/mol. The first-order chi connectivity index (χ1) is 15.5. The number of amides is 2. The van der Waals surface area contributed by atoms with Crippen LogP contribution in [0.2, 0.25) is 0 Å². The van der Waals surface area contributed by atoms with Gasteiger partial charge in [0.2, 0.25) is 11.8 Å². The smallest absolute Gasteiger partial charge is 0.240 e. The summed E-state index contributed by atoms with van der Waals surface area (Å²) in [5.41, 5.74) is 3.32. The van der Waals surface area contributed by atoms with Crippen molar-refractivity contribution in [3.8, 4) is 0 Å². The molecule has 0 radical (unpaired) electrons. The molecule has 5 nitrogen and oxygen atoms in total. The SMILES string of the molecule is CC(CCc1ccccc1)NC(=O)CN1C(=O)CC(c2ccc(Br)s2)=Nc2ccccc21. The number of fused-ring (bicyclic) bond motifs is 1. The van der Waals surface area contributed by atoms with E-state index < -0.39 is 0 Å². The summed E-state index contributed by atoms with van der Waals surface area (Å²) in [5, 5.41) is 3.04. The van der Waals surface area contributed by atoms with Crippen LogP contribution >= 0.6 is 27.3 Å². The number of anilines is 1. The number of hydrogen-bond acceptors (Lipinski definition) is 4. The van der Waals surface area contributed by atoms with Gasteiger partial charge in [0, 0.05) is 6.04 Å². The van der Waals surface area contributed by atoms with Crippen LogP contribution in [-0.2, 0) is 16.0 Å². The van der Waals surface area contributed by atoms with Crippen LogP contribution in [0.15, 0.2) is 75.5 Å². The number of nitrogens with zero attached hydrogens (tertiary/aromatic N) is 2. The molecule has 0 spiro atoms. The van der Waals surface area contributed by atoms with E-state index in [-0.39, 0.29) is 30.8 Å². The van der Waals surface area contributed by atoms with Crippen molar-refractivity contribution in [2.45, 2.75) is 32.2 Å². The lowest BCUT2D eigenvalue weighted by Crippen LogP contribution is -2.43. The highest BCUT2D eigenvalue weighted by molar-refractivity contribution is 9.11. The molecule has 1 aromatic heterocycles. The number of carbonyl (C=O) groups is 2. The van der Waals surface area contributed by atoms with Gasteiger partial charge in [0.05, 0.1) is 32.2 Å². The second-order valence-corrected chi connectivity index (χ2v) is 10.3. The fourth-order valence-electron chi connectivity index (χ4n) is 3.69. The molecule has 7 heteroatoms. The van der Waals surface area contributed by atoms with Crippen LogP contribution in [0.5, 0.6) is 0 Å². The molecule has 2 heterocycles. The van der Waals surface area contributed by atoms with E-state index in [9.17, 15) is 9.59 Å². The molecule has 0 aliphatic carbocycles. The fraction of sp³-hybridized carbons (Fsp3) is 0.240. The maximum atomic E-state index is 13.2. The van der Waals surface area contributed by atoms with Crippen LogP contribution in [-0.4, -0.2) is 30.1 Å². The number of aryl methyl sites for hydroxylation is 1. The Balaban J connectivity index is 1.44. The molecule has 0 fully saturated rings. The summed E-state index contributed by atoms with van der Waals surface area (Å²) in [4.78, 5) is 33.2. The Hall–Kier alpha value is -2.77. The molecule has 4 rings (SSSR count). The van der Waals surface area contributed by atoms with Crippen molar-refractivity contribution in [3.05, 3.63) is 81.0 Å². The molecular formula is C25H24BrN3O2S. The van der Waals surface area contributed by atoms with Crippen LogP contribution < -0.4 is 10.2 Å². The van der Waals surface area contributed by atoms with Gasteiger partial charge in [0.25, 0.3) is 0 Å². The van der Waals surface area contributed by atoms with E-state index in [1.807, 2.05) is 61.5 Å². The molecule has 0 saturated carbocycles. The molecule has 0 saturated heterocycles. The van der Waals surface area contributed by atoms with Gasteiger partial charge < -0.3 is 10.2 Å². The number of carbonyl (C=O) groups excluding carboxylic acids is 2. The van der Waals surface area contributed by atoms with E-state index in [1.54, 1.807) is 16.2 Å². The third-order valence-electron chi connectivity index (χ3n) is 5.32. The van der Waals surface area contributed by atoms with Gasteiger partial charge in [-0.1, -0.05) is 42.5 Å². The highest BCUT2D eigenvalue weighted by Gasteiger charge is 2.27. The Kier molecular flexibility index (Phi) is 7.17. The molecule has 1 N–H and O–H groups in total. The lowest BCUT2D eigenvalue weighted by molar-refractivity contribution is -0.123. The van der Waals surface area contributed by atoms with E-state index in [1.165, 1.54) is 5.56 Å². The first-order valence-corrected chi connectivity index (χ1v) is 12.2. The summed E-state index contributed by atoms with van der Waals surface area (Å²) < 4.78 is 0.987. The van der Waals surface area contributed by atoms with Crippen molar-refractivity contribution in [1.82, 2.24) is 5.32 Å². The van der Waals surface area contributed by atoms with Gasteiger partial charge in [-0.05, 0) is 65.5 Å². The van der Waals surface area contributed by atoms with Crippen molar-refractivity contribution in [2.24, 2.45) is 4.99 Å². The topological polar surface area (TPSA) is 61.8 Å². The van der Waals surface area contributed by atoms with Crippen molar-refractivity contribution in [2.75, 3.05) is 11.4 Å². The van der Waals surface area contributed by atoms with Crippen LogP contribution in [0.1, 0.15) is 30.2 Å². The van der Waals surface area contributed by atoms with Crippen LogP contribution in [0.3, 0.4) is 0 Å². The third-order valence-corrected chi connectivity index (χ3v) is 7.00. The second-order valence-electron chi connectivity index (χ2n) is 7.80. The van der Waals surface area contributed by atoms with Gasteiger partial charge in [-0.3, -0.25) is 9.59 Å². The monoisotopic (exact) mass is 509 g/mol. The molecule has 3 aromatic rings. The molecule has 32 heavy (non-hydrogen) atoms. The van der Waals surface area contributed by atoms with Crippen molar-refractivity contribution in [3.63, 3.8) is 0 Å². The van der Waals surface area contributed by atoms with Gasteiger partial charge in [-0.2, -0.15) is 0 Å². The number of rotatable bonds is 7. The zero-order valence-electron chi connectivity index (χ0n) is 17.8. The molecule has 1 atom stereocenters. The first kappa shape index (κ1) is 22.4. The quantitative estimate of drug-likeness (QED) is 0.456. The Morgan fingerprint density at radius 2 is 1.88 bits per heavy atom. The summed E-state index contributed by atoms with van der Waals surface area (Å²) in [6, 6.07) is 21.6. The average molecular weight is 510 g/mol. The highest BCUT2D eigenvalue weighted by Crippen LogP contribution is 2.34. The zero-order valence-corrected chi connectivity index (χ0v) is 20.2. The van der Waals surface area contributed by atoms with Gasteiger partial charge in [0.15, 0.2) is 0 Å². The maximum absolute atomic E-state index is 13.2. The van der Waals surface area contributed by atoms with E-state index >= 15 is 0 Å². The molecule has 2 amide bonds.